The van der Waals surface area contributed by atoms with Gasteiger partial charge in [0.15, 0.2) is 0 Å². The Bertz CT molecular complexity index is 339. The molecule has 0 aromatic heterocycles. The number of rotatable bonds is 3. The number of hydrogen-bond acceptors (Lipinski definition) is 1. The highest BCUT2D eigenvalue weighted by Crippen LogP contribution is 2.74. The molecule has 90 valence electrons. The van der Waals surface area contributed by atoms with Crippen molar-refractivity contribution in [1.82, 2.24) is 0 Å². The van der Waals surface area contributed by atoms with Crippen LogP contribution in [0, 0.1) is 28.6 Å². The van der Waals surface area contributed by atoms with Crippen LogP contribution in [0.1, 0.15) is 47.5 Å². The molecule has 0 spiro atoms. The van der Waals surface area contributed by atoms with Gasteiger partial charge in [0, 0.05) is 5.92 Å². The molecule has 2 rings (SSSR count). The third-order valence-electron chi connectivity index (χ3n) is 5.62. The number of carbonyl (C=O) groups is 1. The standard InChI is InChI=1S/C15H24O/c1-10(11(2)16)6-7-12-8-13-9-15(13,5)14(12,3)4/h6-7,10,12-13H,8-9H2,1-5H3/b7-6+. The monoisotopic (exact) mass is 220 g/mol. The average molecular weight is 220 g/mol. The summed E-state index contributed by atoms with van der Waals surface area (Å²) in [5.41, 5.74) is 0.978. The summed E-state index contributed by atoms with van der Waals surface area (Å²) in [6.45, 7) is 10.9. The van der Waals surface area contributed by atoms with Crippen molar-refractivity contribution in [2.45, 2.75) is 47.5 Å². The smallest absolute Gasteiger partial charge is 0.136 e. The van der Waals surface area contributed by atoms with Gasteiger partial charge >= 0.3 is 0 Å². The van der Waals surface area contributed by atoms with Crippen LogP contribution in [0.4, 0.5) is 0 Å². The van der Waals surface area contributed by atoms with Gasteiger partial charge in [0.25, 0.3) is 0 Å². The minimum absolute atomic E-state index is 0.0838. The Labute approximate surface area is 99.3 Å². The van der Waals surface area contributed by atoms with Crippen LogP contribution in [-0.4, -0.2) is 5.78 Å². The first-order chi connectivity index (χ1) is 7.29. The molecule has 0 amide bonds. The molecule has 0 aliphatic heterocycles. The van der Waals surface area contributed by atoms with E-state index in [1.54, 1.807) is 6.92 Å². The fourth-order valence-corrected chi connectivity index (χ4v) is 3.37. The van der Waals surface area contributed by atoms with Gasteiger partial charge in [-0.25, -0.2) is 0 Å². The second-order valence-corrected chi connectivity index (χ2v) is 6.67. The predicted molar refractivity (Wildman–Crippen MR) is 67.1 cm³/mol. The van der Waals surface area contributed by atoms with E-state index in [2.05, 4.69) is 32.9 Å². The van der Waals surface area contributed by atoms with E-state index in [9.17, 15) is 4.79 Å². The minimum atomic E-state index is 0.0838. The van der Waals surface area contributed by atoms with Gasteiger partial charge in [-0.05, 0) is 42.4 Å². The van der Waals surface area contributed by atoms with Crippen LogP contribution >= 0.6 is 0 Å². The molecule has 0 radical (unpaired) electrons. The number of Topliss-reactive ketones (excluding diaryl/α,β-unsaturated/α-hetero) is 1. The van der Waals surface area contributed by atoms with E-state index in [1.165, 1.54) is 12.8 Å². The molecule has 4 atom stereocenters. The lowest BCUT2D eigenvalue weighted by atomic mass is 9.71. The Morgan fingerprint density at radius 1 is 1.38 bits per heavy atom. The Morgan fingerprint density at radius 3 is 2.44 bits per heavy atom. The van der Waals surface area contributed by atoms with Crippen molar-refractivity contribution < 1.29 is 4.79 Å². The normalized spacial score (nSPS) is 42.1. The van der Waals surface area contributed by atoms with Gasteiger partial charge in [-0.15, -0.1) is 0 Å². The quantitative estimate of drug-likeness (QED) is 0.660. The van der Waals surface area contributed by atoms with Gasteiger partial charge in [-0.1, -0.05) is 39.8 Å². The van der Waals surface area contributed by atoms with Crippen LogP contribution in [0.15, 0.2) is 12.2 Å². The summed E-state index contributed by atoms with van der Waals surface area (Å²) in [7, 11) is 0. The van der Waals surface area contributed by atoms with Gasteiger partial charge in [-0.2, -0.15) is 0 Å². The zero-order chi connectivity index (χ0) is 12.1. The lowest BCUT2D eigenvalue weighted by Gasteiger charge is -2.33. The van der Waals surface area contributed by atoms with Crippen LogP contribution in [0.25, 0.3) is 0 Å². The van der Waals surface area contributed by atoms with E-state index in [0.29, 0.717) is 16.7 Å². The van der Waals surface area contributed by atoms with Crippen molar-refractivity contribution in [2.24, 2.45) is 28.6 Å². The Morgan fingerprint density at radius 2 is 2.00 bits per heavy atom. The average Bonchev–Trinajstić information content (AvgIpc) is 2.79. The first-order valence-electron chi connectivity index (χ1n) is 6.48. The molecular weight excluding hydrogens is 196 g/mol. The number of hydrogen-bond donors (Lipinski definition) is 0. The predicted octanol–water partition coefficient (Wildman–Crippen LogP) is 3.84. The molecule has 0 heterocycles. The van der Waals surface area contributed by atoms with Crippen molar-refractivity contribution in [3.8, 4) is 0 Å². The van der Waals surface area contributed by atoms with Gasteiger partial charge in [0.2, 0.25) is 0 Å². The summed E-state index contributed by atoms with van der Waals surface area (Å²) in [6, 6.07) is 0. The molecule has 2 saturated carbocycles. The topological polar surface area (TPSA) is 17.1 Å². The number of ketones is 1. The number of allylic oxidation sites excluding steroid dienone is 2. The van der Waals surface area contributed by atoms with E-state index in [1.807, 2.05) is 6.92 Å². The highest BCUT2D eigenvalue weighted by atomic mass is 16.1. The Hall–Kier alpha value is -0.590. The molecule has 2 fully saturated rings. The Kier molecular flexibility index (Phi) is 2.56. The molecule has 4 unspecified atom stereocenters. The maximum atomic E-state index is 11.2. The first-order valence-corrected chi connectivity index (χ1v) is 6.48. The number of carbonyl (C=O) groups excluding carboxylic acids is 1. The largest absolute Gasteiger partial charge is 0.299 e. The van der Waals surface area contributed by atoms with Crippen LogP contribution in [0.5, 0.6) is 0 Å². The van der Waals surface area contributed by atoms with Gasteiger partial charge in [0.05, 0.1) is 0 Å². The third-order valence-corrected chi connectivity index (χ3v) is 5.62. The lowest BCUT2D eigenvalue weighted by Crippen LogP contribution is -2.26. The van der Waals surface area contributed by atoms with Crippen molar-refractivity contribution in [1.29, 1.82) is 0 Å². The highest BCUT2D eigenvalue weighted by molar-refractivity contribution is 5.79. The Balaban J connectivity index is 2.06. The minimum Gasteiger partial charge on any atom is -0.299 e. The third kappa shape index (κ3) is 1.56. The zero-order valence-corrected chi connectivity index (χ0v) is 11.2. The van der Waals surface area contributed by atoms with Gasteiger partial charge in [-0.3, -0.25) is 4.79 Å². The molecule has 0 aromatic rings. The van der Waals surface area contributed by atoms with Crippen LogP contribution in [0.2, 0.25) is 0 Å². The molecule has 2 aliphatic carbocycles. The second kappa shape index (κ2) is 3.45. The molecule has 0 N–H and O–H groups in total. The molecule has 0 bridgehead atoms. The highest BCUT2D eigenvalue weighted by Gasteiger charge is 2.66. The maximum absolute atomic E-state index is 11.2. The summed E-state index contributed by atoms with van der Waals surface area (Å²) < 4.78 is 0. The fourth-order valence-electron chi connectivity index (χ4n) is 3.37. The maximum Gasteiger partial charge on any atom is 0.136 e. The van der Waals surface area contributed by atoms with E-state index >= 15 is 0 Å². The van der Waals surface area contributed by atoms with Crippen LogP contribution in [0.3, 0.4) is 0 Å². The summed E-state index contributed by atoms with van der Waals surface area (Å²) in [4.78, 5) is 11.2. The van der Waals surface area contributed by atoms with Crippen molar-refractivity contribution in [3.05, 3.63) is 12.2 Å². The van der Waals surface area contributed by atoms with E-state index < -0.39 is 0 Å². The van der Waals surface area contributed by atoms with E-state index in [-0.39, 0.29) is 11.7 Å². The molecular formula is C15H24O. The van der Waals surface area contributed by atoms with Crippen LogP contribution < -0.4 is 0 Å². The zero-order valence-electron chi connectivity index (χ0n) is 11.2. The van der Waals surface area contributed by atoms with Crippen molar-refractivity contribution >= 4 is 5.78 Å². The fraction of sp³-hybridized carbons (Fsp3) is 0.800. The molecule has 1 heteroatoms. The second-order valence-electron chi connectivity index (χ2n) is 6.67. The summed E-state index contributed by atoms with van der Waals surface area (Å²) in [5.74, 6) is 1.95. The molecule has 0 saturated heterocycles. The molecule has 2 aliphatic rings. The van der Waals surface area contributed by atoms with E-state index in [4.69, 9.17) is 0 Å². The van der Waals surface area contributed by atoms with Crippen molar-refractivity contribution in [2.75, 3.05) is 0 Å². The SMILES string of the molecule is CC(=O)C(C)/C=C/C1CC2CC2(C)C1(C)C. The van der Waals surface area contributed by atoms with Crippen LogP contribution in [-0.2, 0) is 4.79 Å². The molecule has 0 aromatic carbocycles. The number of fused-ring (bicyclic) bond motifs is 1. The molecule has 1 nitrogen and oxygen atoms in total. The van der Waals surface area contributed by atoms with Gasteiger partial charge in [0.1, 0.15) is 5.78 Å². The van der Waals surface area contributed by atoms with E-state index in [0.717, 1.165) is 5.92 Å². The summed E-state index contributed by atoms with van der Waals surface area (Å²) >= 11 is 0. The van der Waals surface area contributed by atoms with Crippen molar-refractivity contribution in [3.63, 3.8) is 0 Å². The summed E-state index contributed by atoms with van der Waals surface area (Å²) in [5, 5.41) is 0. The molecule has 16 heavy (non-hydrogen) atoms. The lowest BCUT2D eigenvalue weighted by molar-refractivity contribution is -0.118. The first kappa shape index (κ1) is 11.9. The summed E-state index contributed by atoms with van der Waals surface area (Å²) in [6.07, 6.45) is 7.16. The van der Waals surface area contributed by atoms with Gasteiger partial charge < -0.3 is 0 Å².